The van der Waals surface area contributed by atoms with E-state index in [1.165, 1.54) is 17.3 Å². The van der Waals surface area contributed by atoms with Crippen LogP contribution in [0.5, 0.6) is 0 Å². The summed E-state index contributed by atoms with van der Waals surface area (Å²) in [5.41, 5.74) is 2.06. The molecule has 6 nitrogen and oxygen atoms in total. The fourth-order valence-corrected chi connectivity index (χ4v) is 3.60. The number of aromatic nitrogens is 2. The molecule has 0 atom stereocenters. The predicted molar refractivity (Wildman–Crippen MR) is 103 cm³/mol. The fourth-order valence-electron chi connectivity index (χ4n) is 2.19. The van der Waals surface area contributed by atoms with Crippen LogP contribution in [0, 0.1) is 6.92 Å². The Morgan fingerprint density at radius 3 is 2.81 bits per heavy atom. The summed E-state index contributed by atoms with van der Waals surface area (Å²) in [7, 11) is 0. The van der Waals surface area contributed by atoms with Gasteiger partial charge in [-0.3, -0.25) is 4.79 Å². The van der Waals surface area contributed by atoms with Gasteiger partial charge in [0, 0.05) is 18.1 Å². The molecule has 136 valence electrons. The van der Waals surface area contributed by atoms with Gasteiger partial charge in [0.05, 0.1) is 17.6 Å². The molecule has 8 heteroatoms. The summed E-state index contributed by atoms with van der Waals surface area (Å²) >= 11 is 3.02. The van der Waals surface area contributed by atoms with Crippen molar-refractivity contribution in [2.45, 2.75) is 17.9 Å². The van der Waals surface area contributed by atoms with Gasteiger partial charge < -0.3 is 14.2 Å². The maximum absolute atomic E-state index is 11.9. The minimum absolute atomic E-state index is 0.0467. The Bertz CT molecular complexity index is 833. The first-order valence-electron chi connectivity index (χ1n) is 8.11. The van der Waals surface area contributed by atoms with E-state index in [1.807, 2.05) is 25.1 Å². The molecule has 0 aliphatic heterocycles. The quantitative estimate of drug-likeness (QED) is 0.440. The molecule has 0 aliphatic carbocycles. The number of furan rings is 1. The van der Waals surface area contributed by atoms with Gasteiger partial charge in [-0.25, -0.2) is 0 Å². The van der Waals surface area contributed by atoms with Crippen LogP contribution in [-0.2, 0) is 10.5 Å². The molecule has 1 N–H and O–H groups in total. The van der Waals surface area contributed by atoms with Crippen molar-refractivity contribution in [3.8, 4) is 11.5 Å². The first kappa shape index (κ1) is 18.6. The number of rotatable bonds is 9. The number of thioether (sulfide) groups is 2. The zero-order valence-corrected chi connectivity index (χ0v) is 15.9. The lowest BCUT2D eigenvalue weighted by molar-refractivity contribution is -0.118. The van der Waals surface area contributed by atoms with E-state index in [0.29, 0.717) is 17.7 Å². The summed E-state index contributed by atoms with van der Waals surface area (Å²) in [4.78, 5) is 11.9. The highest BCUT2D eigenvalue weighted by Crippen LogP contribution is 2.26. The molecule has 0 radical (unpaired) electrons. The Kier molecular flexibility index (Phi) is 6.79. The van der Waals surface area contributed by atoms with E-state index in [0.717, 1.165) is 22.8 Å². The zero-order valence-electron chi connectivity index (χ0n) is 14.3. The molecule has 0 aliphatic rings. The van der Waals surface area contributed by atoms with Gasteiger partial charge in [-0.1, -0.05) is 42.1 Å². The average Bonchev–Trinajstić information content (AvgIpc) is 3.29. The Labute approximate surface area is 160 Å². The number of amides is 1. The van der Waals surface area contributed by atoms with E-state index >= 15 is 0 Å². The van der Waals surface area contributed by atoms with Crippen LogP contribution in [0.2, 0.25) is 0 Å². The maximum atomic E-state index is 11.9. The van der Waals surface area contributed by atoms with E-state index in [2.05, 4.69) is 27.6 Å². The third-order valence-electron chi connectivity index (χ3n) is 3.50. The van der Waals surface area contributed by atoms with E-state index in [-0.39, 0.29) is 11.7 Å². The molecule has 0 spiro atoms. The summed E-state index contributed by atoms with van der Waals surface area (Å²) < 4.78 is 10.8. The lowest BCUT2D eigenvalue weighted by Gasteiger charge is -2.04. The van der Waals surface area contributed by atoms with Crippen molar-refractivity contribution in [1.82, 2.24) is 15.5 Å². The zero-order chi connectivity index (χ0) is 18.2. The van der Waals surface area contributed by atoms with E-state index in [4.69, 9.17) is 8.83 Å². The minimum atomic E-state index is -0.0467. The van der Waals surface area contributed by atoms with Crippen LogP contribution in [-0.4, -0.2) is 34.2 Å². The van der Waals surface area contributed by atoms with Crippen molar-refractivity contribution in [1.29, 1.82) is 0 Å². The van der Waals surface area contributed by atoms with Crippen molar-refractivity contribution in [3.05, 3.63) is 54.0 Å². The summed E-state index contributed by atoms with van der Waals surface area (Å²) in [6.07, 6.45) is 1.57. The molecular formula is C18H19N3O3S2. The number of benzene rings is 1. The van der Waals surface area contributed by atoms with Gasteiger partial charge in [-0.2, -0.15) is 11.8 Å². The highest BCUT2D eigenvalue weighted by Gasteiger charge is 2.14. The van der Waals surface area contributed by atoms with Gasteiger partial charge in [-0.15, -0.1) is 10.2 Å². The second kappa shape index (κ2) is 9.49. The van der Waals surface area contributed by atoms with Crippen LogP contribution in [0.15, 0.2) is 56.7 Å². The van der Waals surface area contributed by atoms with Gasteiger partial charge in [0.25, 0.3) is 11.1 Å². The maximum Gasteiger partial charge on any atom is 0.277 e. The Morgan fingerprint density at radius 2 is 2.04 bits per heavy atom. The molecular weight excluding hydrogens is 370 g/mol. The van der Waals surface area contributed by atoms with E-state index < -0.39 is 0 Å². The lowest BCUT2D eigenvalue weighted by atomic mass is 10.2. The van der Waals surface area contributed by atoms with Crippen LogP contribution in [0.25, 0.3) is 11.5 Å². The van der Waals surface area contributed by atoms with Crippen molar-refractivity contribution in [2.75, 3.05) is 18.1 Å². The van der Waals surface area contributed by atoms with Gasteiger partial charge >= 0.3 is 0 Å². The van der Waals surface area contributed by atoms with Gasteiger partial charge in [0.2, 0.25) is 5.91 Å². The summed E-state index contributed by atoms with van der Waals surface area (Å²) in [5.74, 6) is 3.14. The van der Waals surface area contributed by atoms with Crippen LogP contribution >= 0.6 is 23.5 Å². The Hall–Kier alpha value is -2.19. The minimum Gasteiger partial charge on any atom is -0.469 e. The molecule has 0 fully saturated rings. The molecule has 3 aromatic rings. The highest BCUT2D eigenvalue weighted by molar-refractivity contribution is 7.99. The lowest BCUT2D eigenvalue weighted by Crippen LogP contribution is -2.27. The number of nitrogens with one attached hydrogen (secondary N) is 1. The molecule has 1 amide bonds. The molecule has 1 aromatic carbocycles. The number of carbonyl (C=O) groups is 1. The molecule has 0 bridgehead atoms. The first-order valence-corrected chi connectivity index (χ1v) is 10.3. The second-order valence-electron chi connectivity index (χ2n) is 5.44. The average molecular weight is 390 g/mol. The Morgan fingerprint density at radius 1 is 1.19 bits per heavy atom. The van der Waals surface area contributed by atoms with Gasteiger partial charge in [0.1, 0.15) is 5.76 Å². The van der Waals surface area contributed by atoms with Crippen LogP contribution in [0.3, 0.4) is 0 Å². The SMILES string of the molecule is Cc1occc1-c1nnc(SCC(=O)NCCSCc2ccccc2)o1. The number of hydrogen-bond acceptors (Lipinski definition) is 7. The molecule has 0 unspecified atom stereocenters. The summed E-state index contributed by atoms with van der Waals surface area (Å²) in [6, 6.07) is 12.1. The number of aryl methyl sites for hydroxylation is 1. The largest absolute Gasteiger partial charge is 0.469 e. The summed E-state index contributed by atoms with van der Waals surface area (Å²) in [6.45, 7) is 2.47. The van der Waals surface area contributed by atoms with E-state index in [9.17, 15) is 4.79 Å². The van der Waals surface area contributed by atoms with Crippen molar-refractivity contribution in [2.24, 2.45) is 0 Å². The third kappa shape index (κ3) is 5.40. The van der Waals surface area contributed by atoms with E-state index in [1.54, 1.807) is 24.1 Å². The number of nitrogens with zero attached hydrogens (tertiary/aromatic N) is 2. The van der Waals surface area contributed by atoms with Crippen LogP contribution in [0.1, 0.15) is 11.3 Å². The molecule has 0 saturated heterocycles. The van der Waals surface area contributed by atoms with Crippen molar-refractivity contribution in [3.63, 3.8) is 0 Å². The standard InChI is InChI=1S/C18H19N3O3S2/c1-13-15(7-9-23-13)17-20-21-18(24-17)26-12-16(22)19-8-10-25-11-14-5-3-2-4-6-14/h2-7,9H,8,10-12H2,1H3,(H,19,22). The normalized spacial score (nSPS) is 10.8. The fraction of sp³-hybridized carbons (Fsp3) is 0.278. The molecule has 3 rings (SSSR count). The second-order valence-corrected chi connectivity index (χ2v) is 7.47. The molecule has 0 saturated carbocycles. The molecule has 2 aromatic heterocycles. The third-order valence-corrected chi connectivity index (χ3v) is 5.35. The number of carbonyl (C=O) groups excluding carboxylic acids is 1. The van der Waals surface area contributed by atoms with Gasteiger partial charge in [-0.05, 0) is 18.6 Å². The topological polar surface area (TPSA) is 81.2 Å². The predicted octanol–water partition coefficient (Wildman–Crippen LogP) is 3.78. The van der Waals surface area contributed by atoms with Crippen LogP contribution < -0.4 is 5.32 Å². The van der Waals surface area contributed by atoms with Crippen molar-refractivity contribution >= 4 is 29.4 Å². The van der Waals surface area contributed by atoms with Crippen molar-refractivity contribution < 1.29 is 13.6 Å². The van der Waals surface area contributed by atoms with Gasteiger partial charge in [0.15, 0.2) is 0 Å². The first-order chi connectivity index (χ1) is 12.7. The molecule has 2 heterocycles. The Balaban J connectivity index is 1.33. The highest BCUT2D eigenvalue weighted by atomic mass is 32.2. The smallest absolute Gasteiger partial charge is 0.277 e. The summed E-state index contributed by atoms with van der Waals surface area (Å²) in [5, 5.41) is 11.2. The number of hydrogen-bond donors (Lipinski definition) is 1. The van der Waals surface area contributed by atoms with Crippen LogP contribution in [0.4, 0.5) is 0 Å². The monoisotopic (exact) mass is 389 g/mol. The molecule has 26 heavy (non-hydrogen) atoms.